The van der Waals surface area contributed by atoms with Crippen molar-refractivity contribution in [2.75, 3.05) is 20.3 Å². The largest absolute Gasteiger partial charge is 0.488 e. The van der Waals surface area contributed by atoms with Crippen molar-refractivity contribution < 1.29 is 39.1 Å². The molecule has 9 heteroatoms. The summed E-state index contributed by atoms with van der Waals surface area (Å²) in [5.41, 5.74) is -0.248. The maximum absolute atomic E-state index is 14.7. The minimum atomic E-state index is -1.87. The molecular weight excluding hydrogens is 409 g/mol. The summed E-state index contributed by atoms with van der Waals surface area (Å²) in [5, 5.41) is 42.4. The van der Waals surface area contributed by atoms with Gasteiger partial charge in [0.2, 0.25) is 0 Å². The van der Waals surface area contributed by atoms with Crippen molar-refractivity contribution in [3.63, 3.8) is 0 Å². The third-order valence-electron chi connectivity index (χ3n) is 5.48. The Bertz CT molecular complexity index is 936. The van der Waals surface area contributed by atoms with E-state index in [-0.39, 0.29) is 18.3 Å². The zero-order chi connectivity index (χ0) is 22.8. The second kappa shape index (κ2) is 9.29. The predicted octanol–water partition coefficient (Wildman–Crippen LogP) is 0.464. The molecule has 0 saturated carbocycles. The Morgan fingerprint density at radius 1 is 1.23 bits per heavy atom. The van der Waals surface area contributed by atoms with Crippen LogP contribution >= 0.6 is 0 Å². The number of hydrogen-bond donors (Lipinski definition) is 5. The highest BCUT2D eigenvalue weighted by Crippen LogP contribution is 2.31. The molecule has 1 aliphatic rings. The first-order chi connectivity index (χ1) is 14.7. The fourth-order valence-corrected chi connectivity index (χ4v) is 3.48. The van der Waals surface area contributed by atoms with Gasteiger partial charge in [0.1, 0.15) is 36.6 Å². The van der Waals surface area contributed by atoms with Crippen molar-refractivity contribution in [1.29, 1.82) is 0 Å². The highest BCUT2D eigenvalue weighted by Gasteiger charge is 2.51. The highest BCUT2D eigenvalue weighted by atomic mass is 19.1. The zero-order valence-corrected chi connectivity index (χ0v) is 17.2. The lowest BCUT2D eigenvalue weighted by atomic mass is 9.84. The van der Waals surface area contributed by atoms with Crippen LogP contribution in [0.25, 0.3) is 11.1 Å². The number of nitrogens with one attached hydrogen (secondary N) is 1. The lowest BCUT2D eigenvalue weighted by molar-refractivity contribution is -0.272. The number of carbonyl (C=O) groups is 1. The van der Waals surface area contributed by atoms with E-state index in [9.17, 15) is 29.6 Å². The van der Waals surface area contributed by atoms with Crippen LogP contribution in [0.4, 0.5) is 4.39 Å². The van der Waals surface area contributed by atoms with Crippen LogP contribution in [-0.4, -0.2) is 76.6 Å². The fraction of sp³-hybridized carbons (Fsp3) is 0.409. The van der Waals surface area contributed by atoms with Crippen molar-refractivity contribution in [2.24, 2.45) is 0 Å². The van der Waals surface area contributed by atoms with Gasteiger partial charge in [0.25, 0.3) is 5.91 Å². The maximum atomic E-state index is 14.7. The van der Waals surface area contributed by atoms with E-state index in [1.165, 1.54) is 26.1 Å². The number of rotatable bonds is 6. The van der Waals surface area contributed by atoms with Crippen LogP contribution in [0.3, 0.4) is 0 Å². The highest BCUT2D eigenvalue weighted by molar-refractivity contribution is 5.95. The molecule has 168 valence electrons. The number of amides is 1. The van der Waals surface area contributed by atoms with Crippen LogP contribution in [0.2, 0.25) is 0 Å². The number of ether oxygens (including phenoxy) is 2. The molecule has 3 rings (SSSR count). The fourth-order valence-electron chi connectivity index (χ4n) is 3.48. The van der Waals surface area contributed by atoms with E-state index in [1.807, 2.05) is 0 Å². The second-order valence-corrected chi connectivity index (χ2v) is 7.62. The molecule has 0 aromatic heterocycles. The van der Waals surface area contributed by atoms with Gasteiger partial charge in [-0.1, -0.05) is 18.2 Å². The molecule has 5 N–H and O–H groups in total. The van der Waals surface area contributed by atoms with E-state index in [1.54, 1.807) is 30.3 Å². The third kappa shape index (κ3) is 4.70. The minimum Gasteiger partial charge on any atom is -0.488 e. The summed E-state index contributed by atoms with van der Waals surface area (Å²) in [6.07, 6.45) is -5.28. The molecule has 0 radical (unpaired) electrons. The summed E-state index contributed by atoms with van der Waals surface area (Å²) in [6, 6.07) is 11.0. The molecular formula is C22H26FNO7. The number of hydrogen-bond acceptors (Lipinski definition) is 7. The van der Waals surface area contributed by atoms with Crippen LogP contribution in [0, 0.1) is 5.82 Å². The van der Waals surface area contributed by atoms with Gasteiger partial charge < -0.3 is 35.2 Å². The van der Waals surface area contributed by atoms with Crippen molar-refractivity contribution in [1.82, 2.24) is 5.32 Å². The Morgan fingerprint density at radius 2 is 1.94 bits per heavy atom. The van der Waals surface area contributed by atoms with E-state index in [4.69, 9.17) is 9.47 Å². The van der Waals surface area contributed by atoms with E-state index in [2.05, 4.69) is 5.32 Å². The number of halogens is 1. The van der Waals surface area contributed by atoms with E-state index in [0.717, 1.165) is 0 Å². The molecule has 1 aliphatic heterocycles. The number of carbonyl (C=O) groups excluding carboxylic acids is 1. The van der Waals surface area contributed by atoms with Gasteiger partial charge in [-0.05, 0) is 42.3 Å². The average molecular weight is 435 g/mol. The molecule has 5 unspecified atom stereocenters. The normalized spacial score (nSPS) is 28.2. The van der Waals surface area contributed by atoms with Gasteiger partial charge in [-0.3, -0.25) is 4.79 Å². The minimum absolute atomic E-state index is 0.105. The lowest BCUT2D eigenvalue weighted by Crippen LogP contribution is -2.66. The summed E-state index contributed by atoms with van der Waals surface area (Å²) < 4.78 is 25.6. The van der Waals surface area contributed by atoms with Gasteiger partial charge in [-0.2, -0.15) is 0 Å². The summed E-state index contributed by atoms with van der Waals surface area (Å²) in [7, 11) is 1.52. The summed E-state index contributed by atoms with van der Waals surface area (Å²) in [4.78, 5) is 11.8. The Morgan fingerprint density at radius 3 is 2.58 bits per heavy atom. The van der Waals surface area contributed by atoms with Crippen LogP contribution in [0.5, 0.6) is 5.75 Å². The molecule has 1 fully saturated rings. The van der Waals surface area contributed by atoms with E-state index in [0.29, 0.717) is 16.7 Å². The molecule has 1 amide bonds. The smallest absolute Gasteiger partial charge is 0.251 e. The number of benzene rings is 2. The first-order valence-electron chi connectivity index (χ1n) is 9.78. The zero-order valence-electron chi connectivity index (χ0n) is 17.2. The van der Waals surface area contributed by atoms with Gasteiger partial charge in [0.05, 0.1) is 6.61 Å². The molecule has 0 spiro atoms. The first-order valence-corrected chi connectivity index (χ1v) is 9.78. The maximum Gasteiger partial charge on any atom is 0.251 e. The molecule has 1 heterocycles. The SMILES string of the molecule is CNC(=O)c1cccc(-c2ccc(OCC3OC(CO)C(O)C(O)C3(C)O)c(F)c2)c1. The van der Waals surface area contributed by atoms with Gasteiger partial charge in [-0.15, -0.1) is 0 Å². The second-order valence-electron chi connectivity index (χ2n) is 7.62. The molecule has 0 aliphatic carbocycles. The topological polar surface area (TPSA) is 128 Å². The lowest BCUT2D eigenvalue weighted by Gasteiger charge is -2.46. The molecule has 1 saturated heterocycles. The monoisotopic (exact) mass is 435 g/mol. The van der Waals surface area contributed by atoms with Gasteiger partial charge in [-0.25, -0.2) is 4.39 Å². The molecule has 8 nitrogen and oxygen atoms in total. The Hall–Kier alpha value is -2.56. The van der Waals surface area contributed by atoms with Crippen molar-refractivity contribution >= 4 is 5.91 Å². The number of aliphatic hydroxyl groups is 4. The van der Waals surface area contributed by atoms with Gasteiger partial charge in [0.15, 0.2) is 11.6 Å². The standard InChI is InChI=1S/C22H26FNO7/c1-22(29)18(31-17(10-25)19(26)20(22)27)11-30-16-7-6-13(9-15(16)23)12-4-3-5-14(8-12)21(28)24-2/h3-9,17-20,25-27,29H,10-11H2,1-2H3,(H,24,28). The Kier molecular flexibility index (Phi) is 6.93. The van der Waals surface area contributed by atoms with Crippen LogP contribution in [0.1, 0.15) is 17.3 Å². The summed E-state index contributed by atoms with van der Waals surface area (Å²) in [6.45, 7) is 0.375. The van der Waals surface area contributed by atoms with E-state index >= 15 is 0 Å². The van der Waals surface area contributed by atoms with Crippen LogP contribution in [-0.2, 0) is 4.74 Å². The Labute approximate surface area is 178 Å². The summed E-state index contributed by atoms with van der Waals surface area (Å²) >= 11 is 0. The Balaban J connectivity index is 1.75. The molecule has 2 aromatic rings. The molecule has 0 bridgehead atoms. The number of aliphatic hydroxyl groups excluding tert-OH is 3. The average Bonchev–Trinajstić information content (AvgIpc) is 2.77. The van der Waals surface area contributed by atoms with Crippen molar-refractivity contribution in [2.45, 2.75) is 36.9 Å². The predicted molar refractivity (Wildman–Crippen MR) is 109 cm³/mol. The van der Waals surface area contributed by atoms with Gasteiger partial charge in [0, 0.05) is 12.6 Å². The van der Waals surface area contributed by atoms with Crippen LogP contribution < -0.4 is 10.1 Å². The van der Waals surface area contributed by atoms with Crippen LogP contribution in [0.15, 0.2) is 42.5 Å². The quantitative estimate of drug-likeness (QED) is 0.446. The first kappa shape index (κ1) is 23.1. The molecule has 5 atom stereocenters. The molecule has 2 aromatic carbocycles. The third-order valence-corrected chi connectivity index (χ3v) is 5.48. The summed E-state index contributed by atoms with van der Waals surface area (Å²) in [5.74, 6) is -1.03. The van der Waals surface area contributed by atoms with E-state index < -0.39 is 42.4 Å². The van der Waals surface area contributed by atoms with Crippen molar-refractivity contribution in [3.8, 4) is 16.9 Å². The van der Waals surface area contributed by atoms with Gasteiger partial charge >= 0.3 is 0 Å². The van der Waals surface area contributed by atoms with Crippen molar-refractivity contribution in [3.05, 3.63) is 53.8 Å². The molecule has 31 heavy (non-hydrogen) atoms.